The minimum Gasteiger partial charge on any atom is -0.497 e. The van der Waals surface area contributed by atoms with Gasteiger partial charge < -0.3 is 10.5 Å². The number of H-pyrrole nitrogens is 1. The smallest absolute Gasteiger partial charge is 0.265 e. The minimum atomic E-state index is -3.70. The highest BCUT2D eigenvalue weighted by atomic mass is 32.2. The fourth-order valence-electron chi connectivity index (χ4n) is 1.34. The molecule has 0 amide bonds. The van der Waals surface area contributed by atoms with E-state index in [1.165, 1.54) is 25.6 Å². The molecule has 2 rings (SSSR count). The Balaban J connectivity index is 2.35. The quantitative estimate of drug-likeness (QED) is 0.710. The number of nitrogen functional groups attached to an aromatic ring is 1. The topological polar surface area (TPSA) is 110 Å². The molecule has 0 aliphatic carbocycles. The molecule has 0 radical (unpaired) electrons. The zero-order chi connectivity index (χ0) is 13.2. The predicted octanol–water partition coefficient (Wildman–Crippen LogP) is 0.801. The SMILES string of the molecule is COc1ccc(N)c(NS(=O)(=O)c2cn[nH]c2)c1. The molecular weight excluding hydrogens is 256 g/mol. The number of ether oxygens (including phenoxy) is 1. The number of aromatic amines is 1. The summed E-state index contributed by atoms with van der Waals surface area (Å²) in [6.07, 6.45) is 2.48. The number of aromatic nitrogens is 2. The molecule has 2 aromatic rings. The van der Waals surface area contributed by atoms with E-state index in [1.807, 2.05) is 0 Å². The summed E-state index contributed by atoms with van der Waals surface area (Å²) in [5.41, 5.74) is 6.27. The molecule has 0 saturated heterocycles. The molecule has 0 atom stereocenters. The van der Waals surface area contributed by atoms with Crippen LogP contribution in [0.3, 0.4) is 0 Å². The Labute approximate surface area is 104 Å². The number of methoxy groups -OCH3 is 1. The third-order valence-electron chi connectivity index (χ3n) is 2.29. The summed E-state index contributed by atoms with van der Waals surface area (Å²) in [5, 5.41) is 6.02. The Morgan fingerprint density at radius 3 is 2.83 bits per heavy atom. The number of rotatable bonds is 4. The lowest BCUT2D eigenvalue weighted by Gasteiger charge is -2.10. The number of sulfonamides is 1. The summed E-state index contributed by atoms with van der Waals surface area (Å²) in [4.78, 5) is 0.0321. The third-order valence-corrected chi connectivity index (χ3v) is 3.62. The van der Waals surface area contributed by atoms with Crippen molar-refractivity contribution in [3.05, 3.63) is 30.6 Å². The third kappa shape index (κ3) is 2.38. The van der Waals surface area contributed by atoms with Crippen LogP contribution in [0.4, 0.5) is 11.4 Å². The van der Waals surface area contributed by atoms with E-state index in [0.717, 1.165) is 0 Å². The molecule has 96 valence electrons. The van der Waals surface area contributed by atoms with Gasteiger partial charge in [0.25, 0.3) is 10.0 Å². The zero-order valence-corrected chi connectivity index (χ0v) is 10.4. The van der Waals surface area contributed by atoms with Gasteiger partial charge in [-0.05, 0) is 12.1 Å². The Hall–Kier alpha value is -2.22. The van der Waals surface area contributed by atoms with Crippen LogP contribution >= 0.6 is 0 Å². The van der Waals surface area contributed by atoms with E-state index in [1.54, 1.807) is 12.1 Å². The van der Waals surface area contributed by atoms with Crippen molar-refractivity contribution in [2.24, 2.45) is 0 Å². The largest absolute Gasteiger partial charge is 0.497 e. The molecule has 0 bridgehead atoms. The van der Waals surface area contributed by atoms with E-state index in [9.17, 15) is 8.42 Å². The van der Waals surface area contributed by atoms with Crippen LogP contribution in [0.1, 0.15) is 0 Å². The van der Waals surface area contributed by atoms with Crippen molar-refractivity contribution >= 4 is 21.4 Å². The molecule has 7 nitrogen and oxygen atoms in total. The number of hydrogen-bond acceptors (Lipinski definition) is 5. The van der Waals surface area contributed by atoms with Crippen LogP contribution in [0.15, 0.2) is 35.5 Å². The average Bonchev–Trinajstić information content (AvgIpc) is 2.86. The molecule has 1 aromatic heterocycles. The van der Waals surface area contributed by atoms with Gasteiger partial charge in [-0.25, -0.2) is 8.42 Å². The lowest BCUT2D eigenvalue weighted by molar-refractivity contribution is 0.415. The molecule has 0 saturated carbocycles. The molecule has 1 heterocycles. The number of benzene rings is 1. The van der Waals surface area contributed by atoms with E-state index in [4.69, 9.17) is 10.5 Å². The van der Waals surface area contributed by atoms with Crippen molar-refractivity contribution in [1.82, 2.24) is 10.2 Å². The molecular formula is C10H12N4O3S. The van der Waals surface area contributed by atoms with Crippen molar-refractivity contribution in [3.8, 4) is 5.75 Å². The highest BCUT2D eigenvalue weighted by Crippen LogP contribution is 2.26. The number of nitrogens with zero attached hydrogens (tertiary/aromatic N) is 1. The molecule has 0 spiro atoms. The molecule has 0 unspecified atom stereocenters. The van der Waals surface area contributed by atoms with Crippen molar-refractivity contribution < 1.29 is 13.2 Å². The van der Waals surface area contributed by atoms with Gasteiger partial charge >= 0.3 is 0 Å². The lowest BCUT2D eigenvalue weighted by atomic mass is 10.2. The number of anilines is 2. The number of nitrogens with two attached hydrogens (primary N) is 1. The summed E-state index contributed by atoms with van der Waals surface area (Å²) in [7, 11) is -2.21. The second-order valence-corrected chi connectivity index (χ2v) is 5.18. The van der Waals surface area contributed by atoms with Crippen LogP contribution in [0, 0.1) is 0 Å². The summed E-state index contributed by atoms with van der Waals surface area (Å²) >= 11 is 0. The fraction of sp³-hybridized carbons (Fsp3) is 0.100. The molecule has 0 aliphatic heterocycles. The maximum Gasteiger partial charge on any atom is 0.265 e. The van der Waals surface area contributed by atoms with E-state index < -0.39 is 10.0 Å². The van der Waals surface area contributed by atoms with Gasteiger partial charge in [-0.1, -0.05) is 0 Å². The van der Waals surface area contributed by atoms with Crippen molar-refractivity contribution in [1.29, 1.82) is 0 Å². The second kappa shape index (κ2) is 4.57. The molecule has 1 aromatic carbocycles. The lowest BCUT2D eigenvalue weighted by Crippen LogP contribution is -2.13. The van der Waals surface area contributed by atoms with Crippen LogP contribution in [0.25, 0.3) is 0 Å². The van der Waals surface area contributed by atoms with Crippen LogP contribution in [-0.2, 0) is 10.0 Å². The van der Waals surface area contributed by atoms with Crippen molar-refractivity contribution in [2.75, 3.05) is 17.6 Å². The summed E-state index contributed by atoms with van der Waals surface area (Å²) in [5.74, 6) is 0.508. The normalized spacial score (nSPS) is 11.2. The first kappa shape index (κ1) is 12.2. The van der Waals surface area contributed by atoms with E-state index in [0.29, 0.717) is 11.4 Å². The van der Waals surface area contributed by atoms with E-state index in [-0.39, 0.29) is 10.6 Å². The maximum absolute atomic E-state index is 11.9. The monoisotopic (exact) mass is 268 g/mol. The first-order valence-corrected chi connectivity index (χ1v) is 6.46. The van der Waals surface area contributed by atoms with Crippen LogP contribution < -0.4 is 15.2 Å². The van der Waals surface area contributed by atoms with Crippen molar-refractivity contribution in [2.45, 2.75) is 4.90 Å². The predicted molar refractivity (Wildman–Crippen MR) is 66.8 cm³/mol. The number of hydrogen-bond donors (Lipinski definition) is 3. The van der Waals surface area contributed by atoms with Gasteiger partial charge in [-0.2, -0.15) is 5.10 Å². The fourth-order valence-corrected chi connectivity index (χ4v) is 2.32. The van der Waals surface area contributed by atoms with Gasteiger partial charge in [-0.3, -0.25) is 9.82 Å². The maximum atomic E-state index is 11.9. The second-order valence-electron chi connectivity index (χ2n) is 3.49. The summed E-state index contributed by atoms with van der Waals surface area (Å²) in [6.45, 7) is 0. The Morgan fingerprint density at radius 2 is 2.22 bits per heavy atom. The molecule has 0 aliphatic rings. The van der Waals surface area contributed by atoms with Crippen molar-refractivity contribution in [3.63, 3.8) is 0 Å². The zero-order valence-electron chi connectivity index (χ0n) is 9.54. The standard InChI is InChI=1S/C10H12N4O3S/c1-17-7-2-3-9(11)10(4-7)14-18(15,16)8-5-12-13-6-8/h2-6,14H,11H2,1H3,(H,12,13). The summed E-state index contributed by atoms with van der Waals surface area (Å²) < 4.78 is 31.3. The Bertz CT molecular complexity index is 637. The molecule has 18 heavy (non-hydrogen) atoms. The molecule has 0 fully saturated rings. The Kier molecular flexibility index (Phi) is 3.11. The average molecular weight is 268 g/mol. The van der Waals surface area contributed by atoms with Gasteiger partial charge in [0.2, 0.25) is 0 Å². The first-order chi connectivity index (χ1) is 8.53. The number of nitrogens with one attached hydrogen (secondary N) is 2. The van der Waals surface area contributed by atoms with Gasteiger partial charge in [0.05, 0.1) is 24.7 Å². The van der Waals surface area contributed by atoms with E-state index in [2.05, 4.69) is 14.9 Å². The van der Waals surface area contributed by atoms with Gasteiger partial charge in [0.1, 0.15) is 10.6 Å². The Morgan fingerprint density at radius 1 is 1.44 bits per heavy atom. The minimum absolute atomic E-state index is 0.0321. The van der Waals surface area contributed by atoms with E-state index >= 15 is 0 Å². The molecule has 8 heteroatoms. The van der Waals surface area contributed by atoms with Gasteiger partial charge in [0.15, 0.2) is 0 Å². The highest BCUT2D eigenvalue weighted by molar-refractivity contribution is 7.92. The van der Waals surface area contributed by atoms with Gasteiger partial charge in [0, 0.05) is 12.3 Å². The van der Waals surface area contributed by atoms with Crippen LogP contribution in [0.2, 0.25) is 0 Å². The first-order valence-electron chi connectivity index (χ1n) is 4.98. The van der Waals surface area contributed by atoms with Crippen LogP contribution in [-0.4, -0.2) is 25.7 Å². The highest BCUT2D eigenvalue weighted by Gasteiger charge is 2.16. The van der Waals surface area contributed by atoms with Crippen LogP contribution in [0.5, 0.6) is 5.75 Å². The molecule has 4 N–H and O–H groups in total. The summed E-state index contributed by atoms with van der Waals surface area (Å²) in [6, 6.07) is 4.71. The van der Waals surface area contributed by atoms with Gasteiger partial charge in [-0.15, -0.1) is 0 Å².